The summed E-state index contributed by atoms with van der Waals surface area (Å²) < 4.78 is 11.4. The topological polar surface area (TPSA) is 106 Å². The van der Waals surface area contributed by atoms with Crippen molar-refractivity contribution in [2.75, 3.05) is 13.6 Å². The Kier molecular flexibility index (Phi) is 5.23. The highest BCUT2D eigenvalue weighted by molar-refractivity contribution is 4.92. The first-order chi connectivity index (χ1) is 9.13. The van der Waals surface area contributed by atoms with Gasteiger partial charge >= 0.3 is 0 Å². The fraction of sp³-hybridized carbons (Fsp3) is 1.00. The first-order valence-corrected chi connectivity index (χ1v) is 6.85. The van der Waals surface area contributed by atoms with Crippen LogP contribution in [0, 0.1) is 4.91 Å². The maximum atomic E-state index is 10.2. The molecular formula is C12H23N3O4. The quantitative estimate of drug-likeness (QED) is 0.594. The lowest BCUT2D eigenvalue weighted by Gasteiger charge is -2.38. The molecule has 2 aliphatic rings. The van der Waals surface area contributed by atoms with E-state index in [2.05, 4.69) is 10.5 Å². The monoisotopic (exact) mass is 273 g/mol. The maximum Gasteiger partial charge on any atom is 0.158 e. The first kappa shape index (κ1) is 14.8. The van der Waals surface area contributed by atoms with E-state index < -0.39 is 6.10 Å². The van der Waals surface area contributed by atoms with Crippen molar-refractivity contribution in [3.05, 3.63) is 4.91 Å². The zero-order valence-corrected chi connectivity index (χ0v) is 11.2. The summed E-state index contributed by atoms with van der Waals surface area (Å²) in [6.45, 7) is 0.158. The molecule has 1 heterocycles. The second kappa shape index (κ2) is 6.71. The molecule has 4 N–H and O–H groups in total. The molecule has 1 aliphatic carbocycles. The number of nitrogens with one attached hydrogen (secondary N) is 1. The van der Waals surface area contributed by atoms with E-state index in [1.807, 2.05) is 7.05 Å². The van der Waals surface area contributed by atoms with Gasteiger partial charge in [-0.15, -0.1) is 0 Å². The second-order valence-electron chi connectivity index (χ2n) is 5.36. The van der Waals surface area contributed by atoms with E-state index in [0.717, 1.165) is 19.3 Å². The van der Waals surface area contributed by atoms with E-state index in [1.54, 1.807) is 0 Å². The van der Waals surface area contributed by atoms with E-state index >= 15 is 0 Å². The highest BCUT2D eigenvalue weighted by Crippen LogP contribution is 2.27. The molecule has 1 saturated carbocycles. The highest BCUT2D eigenvalue weighted by atomic mass is 16.7. The van der Waals surface area contributed by atoms with Gasteiger partial charge in [0.15, 0.2) is 6.29 Å². The van der Waals surface area contributed by atoms with E-state index in [9.17, 15) is 10.0 Å². The number of aliphatic hydroxyl groups excluding tert-OH is 1. The van der Waals surface area contributed by atoms with E-state index in [0.29, 0.717) is 6.42 Å². The average molecular weight is 273 g/mol. The molecule has 1 aliphatic heterocycles. The van der Waals surface area contributed by atoms with Gasteiger partial charge in [0, 0.05) is 18.5 Å². The maximum absolute atomic E-state index is 10.2. The molecule has 6 atom stereocenters. The van der Waals surface area contributed by atoms with Gasteiger partial charge in [-0.2, -0.15) is 4.91 Å². The summed E-state index contributed by atoms with van der Waals surface area (Å²) in [5.41, 5.74) is 5.92. The van der Waals surface area contributed by atoms with Crippen molar-refractivity contribution in [2.24, 2.45) is 10.9 Å². The van der Waals surface area contributed by atoms with Crippen molar-refractivity contribution in [3.63, 3.8) is 0 Å². The molecule has 0 radical (unpaired) electrons. The lowest BCUT2D eigenvalue weighted by molar-refractivity contribution is -0.194. The molecule has 0 amide bonds. The van der Waals surface area contributed by atoms with Crippen LogP contribution >= 0.6 is 0 Å². The van der Waals surface area contributed by atoms with Crippen LogP contribution in [0.25, 0.3) is 0 Å². The summed E-state index contributed by atoms with van der Waals surface area (Å²) in [5, 5.41) is 16.1. The normalized spacial score (nSPS) is 43.3. The Balaban J connectivity index is 1.85. The lowest BCUT2D eigenvalue weighted by atomic mass is 9.87. The average Bonchev–Trinajstić information content (AvgIpc) is 2.82. The zero-order valence-electron chi connectivity index (χ0n) is 11.2. The van der Waals surface area contributed by atoms with Crippen molar-refractivity contribution < 1.29 is 14.6 Å². The lowest BCUT2D eigenvalue weighted by Crippen LogP contribution is -2.55. The minimum absolute atomic E-state index is 0.156. The molecule has 0 aromatic heterocycles. The van der Waals surface area contributed by atoms with Gasteiger partial charge < -0.3 is 25.6 Å². The minimum atomic E-state index is -0.670. The molecule has 0 aromatic rings. The predicted octanol–water partition coefficient (Wildman–Crippen LogP) is -0.287. The molecule has 2 rings (SSSR count). The number of nitrogens with zero attached hydrogens (tertiary/aromatic N) is 1. The Bertz CT molecular complexity index is 305. The molecule has 7 heteroatoms. The predicted molar refractivity (Wildman–Crippen MR) is 69.5 cm³/mol. The third kappa shape index (κ3) is 3.70. The summed E-state index contributed by atoms with van der Waals surface area (Å²) in [6, 6.07) is -0.0396. The number of aliphatic hydroxyl groups is 1. The third-order valence-electron chi connectivity index (χ3n) is 3.97. The summed E-state index contributed by atoms with van der Waals surface area (Å²) in [4.78, 5) is 10.2. The second-order valence-corrected chi connectivity index (χ2v) is 5.36. The van der Waals surface area contributed by atoms with Crippen molar-refractivity contribution in [1.29, 1.82) is 0 Å². The smallest absolute Gasteiger partial charge is 0.158 e. The molecule has 7 nitrogen and oxygen atoms in total. The number of ether oxygens (including phenoxy) is 2. The standard InChI is InChI=1S/C12H23N3O4/c1-14-7-4-9(13)12(16)10(5-7)19-11-3-2-8(18-11)6-15-17/h7-12,14,16H,2-6,13H2,1H3/t7?,8?,9?,10?,11?,12-/m1/s1. The van der Waals surface area contributed by atoms with Gasteiger partial charge in [-0.05, 0) is 26.3 Å². The van der Waals surface area contributed by atoms with Gasteiger partial charge in [0.1, 0.15) is 6.54 Å². The van der Waals surface area contributed by atoms with Gasteiger partial charge in [-0.3, -0.25) is 0 Å². The van der Waals surface area contributed by atoms with Crippen LogP contribution in [-0.4, -0.2) is 55.4 Å². The molecule has 0 aromatic carbocycles. The van der Waals surface area contributed by atoms with Crippen LogP contribution in [0.1, 0.15) is 25.7 Å². The van der Waals surface area contributed by atoms with Crippen LogP contribution < -0.4 is 11.1 Å². The van der Waals surface area contributed by atoms with Crippen molar-refractivity contribution >= 4 is 0 Å². The van der Waals surface area contributed by atoms with Crippen LogP contribution in [0.15, 0.2) is 5.18 Å². The van der Waals surface area contributed by atoms with Gasteiger partial charge in [-0.25, -0.2) is 0 Å². The SMILES string of the molecule is CNC1CC(N)[C@@H](O)C(OC2CCC(CN=O)O2)C1. The minimum Gasteiger partial charge on any atom is -0.389 e. The number of nitroso groups, excluding NO2 is 1. The number of hydrogen-bond donors (Lipinski definition) is 3. The Labute approximate surface area is 112 Å². The molecule has 0 bridgehead atoms. The van der Waals surface area contributed by atoms with Gasteiger partial charge in [-0.1, -0.05) is 5.18 Å². The van der Waals surface area contributed by atoms with Gasteiger partial charge in [0.2, 0.25) is 0 Å². The Morgan fingerprint density at radius 1 is 1.47 bits per heavy atom. The fourth-order valence-electron chi connectivity index (χ4n) is 2.82. The molecule has 5 unspecified atom stereocenters. The van der Waals surface area contributed by atoms with Crippen LogP contribution in [0.2, 0.25) is 0 Å². The molecule has 19 heavy (non-hydrogen) atoms. The summed E-state index contributed by atoms with van der Waals surface area (Å²) in [5.74, 6) is 0. The third-order valence-corrected chi connectivity index (χ3v) is 3.97. The van der Waals surface area contributed by atoms with E-state index in [-0.39, 0.29) is 37.1 Å². The molecular weight excluding hydrogens is 250 g/mol. The summed E-state index contributed by atoms with van der Waals surface area (Å²) in [7, 11) is 1.88. The molecule has 1 saturated heterocycles. The van der Waals surface area contributed by atoms with Crippen LogP contribution in [0.4, 0.5) is 0 Å². The van der Waals surface area contributed by atoms with Crippen molar-refractivity contribution in [3.8, 4) is 0 Å². The van der Waals surface area contributed by atoms with Crippen LogP contribution in [0.5, 0.6) is 0 Å². The Morgan fingerprint density at radius 3 is 2.95 bits per heavy atom. The summed E-state index contributed by atoms with van der Waals surface area (Å²) in [6.07, 6.45) is 1.42. The molecule has 110 valence electrons. The Morgan fingerprint density at radius 2 is 2.26 bits per heavy atom. The summed E-state index contributed by atoms with van der Waals surface area (Å²) >= 11 is 0. The first-order valence-electron chi connectivity index (χ1n) is 6.85. The zero-order chi connectivity index (χ0) is 13.8. The highest BCUT2D eigenvalue weighted by Gasteiger charge is 2.38. The molecule has 2 fully saturated rings. The number of nitrogens with two attached hydrogens (primary N) is 1. The van der Waals surface area contributed by atoms with Gasteiger partial charge in [0.05, 0.1) is 18.3 Å². The van der Waals surface area contributed by atoms with Crippen molar-refractivity contribution in [1.82, 2.24) is 5.32 Å². The molecule has 0 spiro atoms. The Hall–Kier alpha value is -0.600. The van der Waals surface area contributed by atoms with Gasteiger partial charge in [0.25, 0.3) is 0 Å². The number of hydrogen-bond acceptors (Lipinski definition) is 7. The van der Waals surface area contributed by atoms with E-state index in [4.69, 9.17) is 15.2 Å². The van der Waals surface area contributed by atoms with Crippen molar-refractivity contribution in [2.45, 2.75) is 62.4 Å². The largest absolute Gasteiger partial charge is 0.389 e. The number of rotatable bonds is 5. The van der Waals surface area contributed by atoms with Crippen LogP contribution in [0.3, 0.4) is 0 Å². The van der Waals surface area contributed by atoms with Crippen LogP contribution in [-0.2, 0) is 9.47 Å². The fourth-order valence-corrected chi connectivity index (χ4v) is 2.82. The van der Waals surface area contributed by atoms with E-state index in [1.165, 1.54) is 0 Å².